The van der Waals surface area contributed by atoms with E-state index in [0.717, 1.165) is 16.3 Å². The van der Waals surface area contributed by atoms with Gasteiger partial charge in [0.1, 0.15) is 5.66 Å². The van der Waals surface area contributed by atoms with Gasteiger partial charge in [-0.1, -0.05) is 25.4 Å². The number of rotatable bonds is 2. The Labute approximate surface area is 136 Å². The molecule has 7 heteroatoms. The predicted molar refractivity (Wildman–Crippen MR) is 92.6 cm³/mol. The molecule has 2 rings (SSSR count). The van der Waals surface area contributed by atoms with Gasteiger partial charge in [0.15, 0.2) is 0 Å². The average Bonchev–Trinajstić information content (AvgIpc) is 2.28. The van der Waals surface area contributed by atoms with E-state index in [-0.39, 0.29) is 18.4 Å². The maximum absolute atomic E-state index is 6.23. The van der Waals surface area contributed by atoms with Crippen molar-refractivity contribution < 1.29 is 0 Å². The van der Waals surface area contributed by atoms with Crippen molar-refractivity contribution in [2.45, 2.75) is 39.3 Å². The summed E-state index contributed by atoms with van der Waals surface area (Å²) in [6, 6.07) is 5.81. The third-order valence-electron chi connectivity index (χ3n) is 3.25. The molecule has 1 aromatic rings. The van der Waals surface area contributed by atoms with E-state index in [0.29, 0.717) is 11.9 Å². The highest BCUT2D eigenvalue weighted by molar-refractivity contribution is 6.31. The summed E-state index contributed by atoms with van der Waals surface area (Å²) < 4.78 is 0. The first-order valence-corrected chi connectivity index (χ1v) is 6.89. The van der Waals surface area contributed by atoms with Crippen LogP contribution < -0.4 is 16.4 Å². The number of nitrogens with two attached hydrogens (primary N) is 2. The van der Waals surface area contributed by atoms with Crippen LogP contribution in [0.5, 0.6) is 0 Å². The minimum Gasteiger partial charge on any atom is -0.369 e. The van der Waals surface area contributed by atoms with Crippen LogP contribution in [-0.4, -0.2) is 17.6 Å². The quantitative estimate of drug-likeness (QED) is 0.874. The van der Waals surface area contributed by atoms with Gasteiger partial charge in [-0.15, -0.1) is 12.4 Å². The third kappa shape index (κ3) is 3.41. The smallest absolute Gasteiger partial charge is 0.220 e. The number of nitrogens with zero attached hydrogens (tertiary/aromatic N) is 3. The lowest BCUT2D eigenvalue weighted by Gasteiger charge is -2.38. The molecule has 0 fully saturated rings. The molecule has 1 aromatic carbocycles. The van der Waals surface area contributed by atoms with Crippen LogP contribution in [0.1, 0.15) is 39.2 Å². The van der Waals surface area contributed by atoms with Crippen molar-refractivity contribution in [3.8, 4) is 0 Å². The van der Waals surface area contributed by atoms with E-state index < -0.39 is 5.66 Å². The summed E-state index contributed by atoms with van der Waals surface area (Å²) in [5.74, 6) is 0.850. The van der Waals surface area contributed by atoms with E-state index in [1.54, 1.807) is 0 Å². The van der Waals surface area contributed by atoms with Crippen molar-refractivity contribution in [2.24, 2.45) is 21.5 Å². The molecule has 0 spiro atoms. The predicted octanol–water partition coefficient (Wildman–Crippen LogP) is 3.07. The van der Waals surface area contributed by atoms with Crippen LogP contribution in [-0.2, 0) is 0 Å². The van der Waals surface area contributed by atoms with Gasteiger partial charge in [-0.25, -0.2) is 4.99 Å². The molecule has 1 aliphatic heterocycles. The topological polar surface area (TPSA) is 80.0 Å². The SMILES string of the molecule is CC(C)c1cc(N2C(N)=NC(N)=NC2(C)C)ccc1Cl.Cl. The lowest BCUT2D eigenvalue weighted by Crippen LogP contribution is -2.54. The summed E-state index contributed by atoms with van der Waals surface area (Å²) in [7, 11) is 0. The van der Waals surface area contributed by atoms with Gasteiger partial charge in [0.25, 0.3) is 0 Å². The molecule has 0 amide bonds. The average molecular weight is 330 g/mol. The van der Waals surface area contributed by atoms with Gasteiger partial charge in [-0.05, 0) is 43.5 Å². The molecule has 4 N–H and O–H groups in total. The molecule has 0 saturated carbocycles. The number of halogens is 2. The molecular weight excluding hydrogens is 309 g/mol. The lowest BCUT2D eigenvalue weighted by molar-refractivity contribution is 0.533. The van der Waals surface area contributed by atoms with Crippen LogP contribution in [0, 0.1) is 0 Å². The molecule has 0 bridgehead atoms. The molecule has 1 aliphatic rings. The number of hydrogen-bond donors (Lipinski definition) is 2. The Balaban J connectivity index is 0.00000220. The van der Waals surface area contributed by atoms with Crippen LogP contribution in [0.2, 0.25) is 5.02 Å². The number of guanidine groups is 2. The number of aliphatic imine (C=N–C) groups is 2. The van der Waals surface area contributed by atoms with E-state index in [2.05, 4.69) is 23.8 Å². The molecule has 0 aliphatic carbocycles. The van der Waals surface area contributed by atoms with Gasteiger partial charge in [-0.3, -0.25) is 4.90 Å². The number of hydrogen-bond acceptors (Lipinski definition) is 5. The van der Waals surface area contributed by atoms with Gasteiger partial charge in [0, 0.05) is 10.7 Å². The van der Waals surface area contributed by atoms with Crippen molar-refractivity contribution in [3.63, 3.8) is 0 Å². The molecule has 0 atom stereocenters. The second-order valence-electron chi connectivity index (χ2n) is 5.63. The summed E-state index contributed by atoms with van der Waals surface area (Å²) in [4.78, 5) is 10.2. The molecule has 5 nitrogen and oxygen atoms in total. The minimum absolute atomic E-state index is 0. The zero-order valence-corrected chi connectivity index (χ0v) is 14.2. The van der Waals surface area contributed by atoms with E-state index in [4.69, 9.17) is 23.1 Å². The summed E-state index contributed by atoms with van der Waals surface area (Å²) in [5.41, 5.74) is 13.1. The van der Waals surface area contributed by atoms with Crippen LogP contribution >= 0.6 is 24.0 Å². The number of benzene rings is 1. The highest BCUT2D eigenvalue weighted by atomic mass is 35.5. The van der Waals surface area contributed by atoms with E-state index >= 15 is 0 Å². The largest absolute Gasteiger partial charge is 0.369 e. The Morgan fingerprint density at radius 3 is 2.38 bits per heavy atom. The second kappa shape index (κ2) is 6.12. The van der Waals surface area contributed by atoms with Crippen LogP contribution in [0.3, 0.4) is 0 Å². The minimum atomic E-state index is -0.585. The van der Waals surface area contributed by atoms with Crippen LogP contribution in [0.4, 0.5) is 5.69 Å². The highest BCUT2D eigenvalue weighted by Crippen LogP contribution is 2.33. The zero-order valence-electron chi connectivity index (χ0n) is 12.6. The van der Waals surface area contributed by atoms with Gasteiger partial charge >= 0.3 is 0 Å². The van der Waals surface area contributed by atoms with E-state index in [1.807, 2.05) is 36.9 Å². The van der Waals surface area contributed by atoms with Crippen molar-refractivity contribution in [1.82, 2.24) is 0 Å². The fourth-order valence-electron chi connectivity index (χ4n) is 2.36. The first-order chi connectivity index (χ1) is 9.22. The molecule has 0 aromatic heterocycles. The summed E-state index contributed by atoms with van der Waals surface area (Å²) in [6.45, 7) is 8.07. The molecule has 0 radical (unpaired) electrons. The molecule has 1 heterocycles. The lowest BCUT2D eigenvalue weighted by atomic mass is 10.0. The van der Waals surface area contributed by atoms with Gasteiger partial charge < -0.3 is 11.5 Å². The summed E-state index contributed by atoms with van der Waals surface area (Å²) in [5, 5.41) is 0.747. The first-order valence-electron chi connectivity index (χ1n) is 6.51. The normalized spacial score (nSPS) is 17.1. The van der Waals surface area contributed by atoms with Gasteiger partial charge in [-0.2, -0.15) is 4.99 Å². The van der Waals surface area contributed by atoms with Crippen molar-refractivity contribution in [2.75, 3.05) is 4.90 Å². The maximum Gasteiger partial charge on any atom is 0.220 e. The maximum atomic E-state index is 6.23. The van der Waals surface area contributed by atoms with Gasteiger partial charge in [0.05, 0.1) is 0 Å². The Bertz CT molecular complexity index is 593. The van der Waals surface area contributed by atoms with Crippen LogP contribution in [0.15, 0.2) is 28.2 Å². The fourth-order valence-corrected chi connectivity index (χ4v) is 2.70. The van der Waals surface area contributed by atoms with Crippen molar-refractivity contribution in [3.05, 3.63) is 28.8 Å². The molecular formula is C14H21Cl2N5. The second-order valence-corrected chi connectivity index (χ2v) is 6.04. The zero-order chi connectivity index (χ0) is 15.1. The summed E-state index contributed by atoms with van der Waals surface area (Å²) in [6.07, 6.45) is 0. The summed E-state index contributed by atoms with van der Waals surface area (Å²) >= 11 is 6.23. The first kappa shape index (κ1) is 17.6. The molecule has 0 unspecified atom stereocenters. The highest BCUT2D eigenvalue weighted by Gasteiger charge is 2.33. The van der Waals surface area contributed by atoms with Crippen molar-refractivity contribution in [1.29, 1.82) is 0 Å². The Kier molecular flexibility index (Phi) is 5.12. The van der Waals surface area contributed by atoms with E-state index in [9.17, 15) is 0 Å². The standard InChI is InChI=1S/C14H20ClN5.ClH/c1-8(2)10-7-9(5-6-11(10)15)20-13(17)18-12(16)19-14(20,3)4;/h5-8H,1-4H3,(H4,16,17,18,19);1H. The fraction of sp³-hybridized carbons (Fsp3) is 0.429. The molecule has 21 heavy (non-hydrogen) atoms. The Morgan fingerprint density at radius 2 is 1.86 bits per heavy atom. The van der Waals surface area contributed by atoms with Gasteiger partial charge in [0.2, 0.25) is 11.9 Å². The molecule has 116 valence electrons. The number of anilines is 1. The van der Waals surface area contributed by atoms with E-state index in [1.165, 1.54) is 0 Å². The monoisotopic (exact) mass is 329 g/mol. The van der Waals surface area contributed by atoms with Crippen LogP contribution in [0.25, 0.3) is 0 Å². The van der Waals surface area contributed by atoms with Crippen molar-refractivity contribution >= 4 is 41.6 Å². The molecule has 0 saturated heterocycles. The Hall–Kier alpha value is -1.46. The Morgan fingerprint density at radius 1 is 1.24 bits per heavy atom. The third-order valence-corrected chi connectivity index (χ3v) is 3.60.